The molecule has 3 aromatic rings. The quantitative estimate of drug-likeness (QED) is 0.215. The van der Waals surface area contributed by atoms with E-state index >= 15 is 0 Å². The Hall–Kier alpha value is -3.92. The van der Waals surface area contributed by atoms with Crippen LogP contribution in [0.25, 0.3) is 0 Å². The summed E-state index contributed by atoms with van der Waals surface area (Å²) >= 11 is 5.79. The Morgan fingerprint density at radius 2 is 1.76 bits per heavy atom. The van der Waals surface area contributed by atoms with Crippen molar-refractivity contribution in [3.63, 3.8) is 0 Å². The van der Waals surface area contributed by atoms with Crippen molar-refractivity contribution >= 4 is 35.3 Å². The van der Waals surface area contributed by atoms with Gasteiger partial charge in [-0.25, -0.2) is 9.82 Å². The van der Waals surface area contributed by atoms with Gasteiger partial charge in [0.15, 0.2) is 0 Å². The average Bonchev–Trinajstić information content (AvgIpc) is 2.79. The third-order valence-electron chi connectivity index (χ3n) is 4.34. The first kappa shape index (κ1) is 24.7. The van der Waals surface area contributed by atoms with E-state index in [2.05, 4.69) is 5.10 Å². The van der Waals surface area contributed by atoms with E-state index in [0.717, 1.165) is 12.1 Å². The summed E-state index contributed by atoms with van der Waals surface area (Å²) in [6, 6.07) is 15.0. The predicted octanol–water partition coefficient (Wildman–Crippen LogP) is 5.17. The van der Waals surface area contributed by atoms with Crippen molar-refractivity contribution in [2.24, 2.45) is 5.10 Å². The van der Waals surface area contributed by atoms with Gasteiger partial charge in [-0.2, -0.15) is 18.3 Å². The lowest BCUT2D eigenvalue weighted by Gasteiger charge is -2.11. The topological polar surface area (TPSA) is 79.8 Å². The Bertz CT molecular complexity index is 1230. The van der Waals surface area contributed by atoms with Gasteiger partial charge in [0.2, 0.25) is 0 Å². The fourth-order valence-corrected chi connectivity index (χ4v) is 2.82. The van der Waals surface area contributed by atoms with Gasteiger partial charge in [0, 0.05) is 5.56 Å². The molecule has 3 rings (SSSR count). The smallest absolute Gasteiger partial charge is 0.416 e. The molecule has 0 radical (unpaired) electrons. The number of ether oxygens (including phenoxy) is 1. The molecule has 0 aliphatic rings. The van der Waals surface area contributed by atoms with Crippen LogP contribution in [0.5, 0.6) is 5.75 Å². The minimum Gasteiger partial charge on any atom is -0.489 e. The molecule has 0 heterocycles. The number of amides is 2. The van der Waals surface area contributed by atoms with Crippen molar-refractivity contribution in [1.82, 2.24) is 5.43 Å². The highest BCUT2D eigenvalue weighted by atomic mass is 35.5. The van der Waals surface area contributed by atoms with Crippen LogP contribution in [-0.2, 0) is 22.4 Å². The maximum atomic E-state index is 13.7. The van der Waals surface area contributed by atoms with E-state index in [0.29, 0.717) is 22.9 Å². The van der Waals surface area contributed by atoms with Gasteiger partial charge in [-0.15, -0.1) is 0 Å². The van der Waals surface area contributed by atoms with Gasteiger partial charge in [-0.3, -0.25) is 9.59 Å². The first-order valence-corrected chi connectivity index (χ1v) is 9.98. The van der Waals surface area contributed by atoms with Crippen LogP contribution >= 0.6 is 11.6 Å². The number of carbonyl (C=O) groups excluding carboxylic acids is 2. The second-order valence-corrected chi connectivity index (χ2v) is 7.21. The van der Waals surface area contributed by atoms with Crippen molar-refractivity contribution < 1.29 is 31.9 Å². The standard InChI is InChI=1S/C23H16ClF4N3O3/c24-18-9-8-16(23(26,27)28)11-20(18)30-21(32)22(33)31-29-12-14-4-3-6-17(10-14)34-13-15-5-1-2-7-19(15)25/h1-12H,13H2,(H,30,32)(H,31,33)/b29-12+. The van der Waals surface area contributed by atoms with Gasteiger partial charge < -0.3 is 10.1 Å². The lowest BCUT2D eigenvalue weighted by atomic mass is 10.2. The molecule has 34 heavy (non-hydrogen) atoms. The Kier molecular flexibility index (Phi) is 7.85. The molecule has 0 fully saturated rings. The first-order valence-electron chi connectivity index (χ1n) is 9.61. The van der Waals surface area contributed by atoms with E-state index < -0.39 is 29.4 Å². The summed E-state index contributed by atoms with van der Waals surface area (Å²) in [5.74, 6) is -2.47. The van der Waals surface area contributed by atoms with Crippen LogP contribution in [0.2, 0.25) is 5.02 Å². The molecule has 0 aliphatic carbocycles. The number of anilines is 1. The second kappa shape index (κ2) is 10.8. The molecule has 0 unspecified atom stereocenters. The second-order valence-electron chi connectivity index (χ2n) is 6.80. The summed E-state index contributed by atoms with van der Waals surface area (Å²) in [4.78, 5) is 23.9. The van der Waals surface area contributed by atoms with Crippen LogP contribution in [0.4, 0.5) is 23.2 Å². The molecule has 0 aromatic heterocycles. The number of hydrogen-bond donors (Lipinski definition) is 2. The number of halogens is 5. The Morgan fingerprint density at radius 3 is 2.50 bits per heavy atom. The molecule has 0 saturated heterocycles. The van der Waals surface area contributed by atoms with E-state index in [-0.39, 0.29) is 17.3 Å². The lowest BCUT2D eigenvalue weighted by molar-refractivity contribution is -0.137. The summed E-state index contributed by atoms with van der Waals surface area (Å²) < 4.78 is 57.7. The molecule has 0 atom stereocenters. The van der Waals surface area contributed by atoms with E-state index in [1.165, 1.54) is 12.3 Å². The van der Waals surface area contributed by atoms with E-state index in [1.807, 2.05) is 10.7 Å². The average molecular weight is 494 g/mol. The molecule has 176 valence electrons. The summed E-state index contributed by atoms with van der Waals surface area (Å²) in [5, 5.41) is 5.48. The number of carbonyl (C=O) groups is 2. The highest BCUT2D eigenvalue weighted by Gasteiger charge is 2.31. The Labute approximate surface area is 196 Å². The number of rotatable bonds is 6. The third-order valence-corrected chi connectivity index (χ3v) is 4.67. The highest BCUT2D eigenvalue weighted by molar-refractivity contribution is 6.41. The van der Waals surface area contributed by atoms with Crippen molar-refractivity contribution in [2.45, 2.75) is 12.8 Å². The normalized spacial score (nSPS) is 11.3. The molecule has 0 spiro atoms. The van der Waals surface area contributed by atoms with Gasteiger partial charge in [0.1, 0.15) is 18.2 Å². The van der Waals surface area contributed by atoms with E-state index in [1.54, 1.807) is 42.5 Å². The van der Waals surface area contributed by atoms with Crippen molar-refractivity contribution in [2.75, 3.05) is 5.32 Å². The van der Waals surface area contributed by atoms with Crippen LogP contribution in [0.15, 0.2) is 71.8 Å². The molecule has 0 saturated carbocycles. The van der Waals surface area contributed by atoms with Crippen LogP contribution in [0, 0.1) is 5.82 Å². The molecule has 11 heteroatoms. The Balaban J connectivity index is 1.57. The monoisotopic (exact) mass is 493 g/mol. The van der Waals surface area contributed by atoms with Crippen LogP contribution in [-0.4, -0.2) is 18.0 Å². The molecule has 3 aromatic carbocycles. The zero-order chi connectivity index (χ0) is 24.7. The van der Waals surface area contributed by atoms with Gasteiger partial charge in [-0.1, -0.05) is 41.9 Å². The minimum atomic E-state index is -4.65. The minimum absolute atomic E-state index is 0.00226. The molecular weight excluding hydrogens is 478 g/mol. The zero-order valence-electron chi connectivity index (χ0n) is 17.2. The van der Waals surface area contributed by atoms with Crippen LogP contribution in [0.1, 0.15) is 16.7 Å². The van der Waals surface area contributed by atoms with E-state index in [9.17, 15) is 27.2 Å². The first-order chi connectivity index (χ1) is 16.1. The third kappa shape index (κ3) is 6.79. The molecule has 0 aliphatic heterocycles. The lowest BCUT2D eigenvalue weighted by Crippen LogP contribution is -2.32. The number of hydrogen-bond acceptors (Lipinski definition) is 4. The van der Waals surface area contributed by atoms with Gasteiger partial charge >= 0.3 is 18.0 Å². The predicted molar refractivity (Wildman–Crippen MR) is 118 cm³/mol. The van der Waals surface area contributed by atoms with Gasteiger partial charge in [-0.05, 0) is 42.0 Å². The zero-order valence-corrected chi connectivity index (χ0v) is 18.0. The number of nitrogens with zero attached hydrogens (tertiary/aromatic N) is 1. The SMILES string of the molecule is O=C(N/N=C/c1cccc(OCc2ccccc2F)c1)C(=O)Nc1cc(C(F)(F)F)ccc1Cl. The highest BCUT2D eigenvalue weighted by Crippen LogP contribution is 2.33. The number of nitrogens with one attached hydrogen (secondary N) is 2. The summed E-state index contributed by atoms with van der Waals surface area (Å²) in [5.41, 5.74) is 1.42. The molecule has 6 nitrogen and oxygen atoms in total. The summed E-state index contributed by atoms with van der Waals surface area (Å²) in [6.45, 7) is 0.00226. The van der Waals surface area contributed by atoms with Gasteiger partial charge in [0.05, 0.1) is 22.5 Å². The van der Waals surface area contributed by atoms with Crippen molar-refractivity contribution in [3.8, 4) is 5.75 Å². The number of hydrazone groups is 1. The van der Waals surface area contributed by atoms with Crippen molar-refractivity contribution in [3.05, 3.63) is 94.3 Å². The van der Waals surface area contributed by atoms with Crippen LogP contribution in [0.3, 0.4) is 0 Å². The maximum absolute atomic E-state index is 13.7. The van der Waals surface area contributed by atoms with E-state index in [4.69, 9.17) is 16.3 Å². The number of alkyl halides is 3. The fraction of sp³-hybridized carbons (Fsp3) is 0.0870. The summed E-state index contributed by atoms with van der Waals surface area (Å²) in [6.07, 6.45) is -3.43. The molecule has 0 bridgehead atoms. The Morgan fingerprint density at radius 1 is 1.00 bits per heavy atom. The van der Waals surface area contributed by atoms with Crippen molar-refractivity contribution in [1.29, 1.82) is 0 Å². The summed E-state index contributed by atoms with van der Waals surface area (Å²) in [7, 11) is 0. The number of benzene rings is 3. The fourth-order valence-electron chi connectivity index (χ4n) is 2.65. The molecular formula is C23H16ClF4N3O3. The van der Waals surface area contributed by atoms with Crippen LogP contribution < -0.4 is 15.5 Å². The van der Waals surface area contributed by atoms with Gasteiger partial charge in [0.25, 0.3) is 0 Å². The molecule has 2 N–H and O–H groups in total. The maximum Gasteiger partial charge on any atom is 0.416 e. The molecule has 2 amide bonds. The largest absolute Gasteiger partial charge is 0.489 e.